The summed E-state index contributed by atoms with van der Waals surface area (Å²) in [5.74, 6) is -0.316. The molecule has 0 aliphatic carbocycles. The van der Waals surface area contributed by atoms with Gasteiger partial charge in [-0.25, -0.2) is 13.4 Å². The maximum Gasteiger partial charge on any atom is 0.274 e. The number of halogens is 1. The second-order valence-corrected chi connectivity index (χ2v) is 9.12. The van der Waals surface area contributed by atoms with E-state index in [-0.39, 0.29) is 34.6 Å². The Morgan fingerprint density at radius 1 is 1.16 bits per heavy atom. The van der Waals surface area contributed by atoms with E-state index in [9.17, 15) is 13.2 Å². The first kappa shape index (κ1) is 21.5. The van der Waals surface area contributed by atoms with Gasteiger partial charge in [-0.15, -0.1) is 0 Å². The van der Waals surface area contributed by atoms with Crippen LogP contribution < -0.4 is 10.1 Å². The third-order valence-electron chi connectivity index (χ3n) is 4.94. The van der Waals surface area contributed by atoms with Gasteiger partial charge in [0.2, 0.25) is 10.0 Å². The van der Waals surface area contributed by atoms with Crippen LogP contribution >= 0.6 is 11.6 Å². The van der Waals surface area contributed by atoms with Gasteiger partial charge in [-0.05, 0) is 29.7 Å². The van der Waals surface area contributed by atoms with Crippen LogP contribution in [-0.4, -0.2) is 57.0 Å². The lowest BCUT2D eigenvalue weighted by molar-refractivity contribution is 0.0729. The summed E-state index contributed by atoms with van der Waals surface area (Å²) in [7, 11) is -2.43. The van der Waals surface area contributed by atoms with Crippen molar-refractivity contribution >= 4 is 44.0 Å². The summed E-state index contributed by atoms with van der Waals surface area (Å²) in [5.41, 5.74) is 0.417. The zero-order chi connectivity index (χ0) is 22.0. The molecule has 1 N–H and O–H groups in total. The highest BCUT2D eigenvalue weighted by Gasteiger charge is 2.29. The van der Waals surface area contributed by atoms with E-state index in [4.69, 9.17) is 21.1 Å². The fourth-order valence-electron chi connectivity index (χ4n) is 3.35. The number of rotatable bonds is 5. The molecule has 1 fully saturated rings. The largest absolute Gasteiger partial charge is 0.495 e. The summed E-state index contributed by atoms with van der Waals surface area (Å²) >= 11 is 6.22. The molecule has 1 aromatic heterocycles. The summed E-state index contributed by atoms with van der Waals surface area (Å²) in [6, 6.07) is 13.4. The molecule has 8 nitrogen and oxygen atoms in total. The van der Waals surface area contributed by atoms with Gasteiger partial charge in [0.05, 0.1) is 20.3 Å². The van der Waals surface area contributed by atoms with Crippen LogP contribution in [0.15, 0.2) is 53.4 Å². The minimum atomic E-state index is -3.82. The van der Waals surface area contributed by atoms with Gasteiger partial charge in [0.1, 0.15) is 21.5 Å². The van der Waals surface area contributed by atoms with Crippen molar-refractivity contribution in [3.63, 3.8) is 0 Å². The first-order valence-electron chi connectivity index (χ1n) is 9.53. The summed E-state index contributed by atoms with van der Waals surface area (Å²) in [4.78, 5) is 16.9. The Kier molecular flexibility index (Phi) is 6.10. The number of benzene rings is 2. The molecule has 0 bridgehead atoms. The van der Waals surface area contributed by atoms with Crippen LogP contribution in [0.25, 0.3) is 10.8 Å². The zero-order valence-corrected chi connectivity index (χ0v) is 18.2. The molecule has 1 amide bonds. The number of sulfonamides is 1. The minimum Gasteiger partial charge on any atom is -0.495 e. The van der Waals surface area contributed by atoms with Crippen molar-refractivity contribution in [3.8, 4) is 5.75 Å². The first-order chi connectivity index (χ1) is 14.9. The summed E-state index contributed by atoms with van der Waals surface area (Å²) in [6.07, 6.45) is 0. The molecule has 1 aliphatic rings. The van der Waals surface area contributed by atoms with Crippen LogP contribution in [0.2, 0.25) is 5.15 Å². The second kappa shape index (κ2) is 8.80. The number of carbonyl (C=O) groups is 1. The number of ether oxygens (including phenoxy) is 2. The number of nitrogens with zero attached hydrogens (tertiary/aromatic N) is 2. The molecule has 3 aromatic rings. The number of hydrogen-bond donors (Lipinski definition) is 1. The number of carbonyl (C=O) groups excluding carboxylic acids is 1. The fourth-order valence-corrected chi connectivity index (χ4v) is 5.20. The second-order valence-electron chi connectivity index (χ2n) is 6.86. The number of fused-ring (bicyclic) bond motifs is 1. The lowest BCUT2D eigenvalue weighted by Crippen LogP contribution is -2.40. The van der Waals surface area contributed by atoms with Crippen LogP contribution in [-0.2, 0) is 14.8 Å². The van der Waals surface area contributed by atoms with Crippen molar-refractivity contribution in [2.45, 2.75) is 4.90 Å². The van der Waals surface area contributed by atoms with E-state index in [2.05, 4.69) is 10.3 Å². The molecule has 10 heteroatoms. The van der Waals surface area contributed by atoms with Gasteiger partial charge in [-0.3, -0.25) is 4.79 Å². The molecule has 0 saturated carbocycles. The number of pyridine rings is 1. The molecule has 4 rings (SSSR count). The number of morpholine rings is 1. The van der Waals surface area contributed by atoms with Crippen LogP contribution in [0.4, 0.5) is 5.69 Å². The van der Waals surface area contributed by atoms with Crippen molar-refractivity contribution in [2.75, 3.05) is 38.7 Å². The first-order valence-corrected chi connectivity index (χ1v) is 11.3. The van der Waals surface area contributed by atoms with E-state index in [1.54, 1.807) is 12.1 Å². The van der Waals surface area contributed by atoms with Gasteiger partial charge >= 0.3 is 0 Å². The van der Waals surface area contributed by atoms with Crippen molar-refractivity contribution in [2.24, 2.45) is 0 Å². The minimum absolute atomic E-state index is 0.0285. The maximum absolute atomic E-state index is 13.1. The van der Waals surface area contributed by atoms with E-state index >= 15 is 0 Å². The molecular formula is C21H20ClN3O5S. The van der Waals surface area contributed by atoms with E-state index < -0.39 is 15.9 Å². The topological polar surface area (TPSA) is 97.8 Å². The summed E-state index contributed by atoms with van der Waals surface area (Å²) < 4.78 is 38.1. The third-order valence-corrected chi connectivity index (χ3v) is 7.14. The Hall–Kier alpha value is -2.72. The lowest BCUT2D eigenvalue weighted by Gasteiger charge is -2.26. The van der Waals surface area contributed by atoms with Crippen molar-refractivity contribution < 1.29 is 22.7 Å². The molecule has 2 heterocycles. The highest BCUT2D eigenvalue weighted by molar-refractivity contribution is 7.89. The van der Waals surface area contributed by atoms with Crippen LogP contribution in [0.1, 0.15) is 10.5 Å². The molecule has 0 unspecified atom stereocenters. The van der Waals surface area contributed by atoms with Crippen LogP contribution in [0, 0.1) is 0 Å². The van der Waals surface area contributed by atoms with Crippen molar-refractivity contribution in [1.29, 1.82) is 0 Å². The molecule has 0 spiro atoms. The molecule has 31 heavy (non-hydrogen) atoms. The Labute approximate surface area is 184 Å². The van der Waals surface area contributed by atoms with Gasteiger partial charge in [0.15, 0.2) is 0 Å². The predicted molar refractivity (Wildman–Crippen MR) is 117 cm³/mol. The fraction of sp³-hybridized carbons (Fsp3) is 0.238. The van der Waals surface area contributed by atoms with Gasteiger partial charge in [-0.1, -0.05) is 35.9 Å². The van der Waals surface area contributed by atoms with Crippen molar-refractivity contribution in [1.82, 2.24) is 9.29 Å². The van der Waals surface area contributed by atoms with E-state index in [0.29, 0.717) is 18.9 Å². The number of aromatic nitrogens is 1. The van der Waals surface area contributed by atoms with E-state index in [1.165, 1.54) is 23.5 Å². The van der Waals surface area contributed by atoms with Gasteiger partial charge < -0.3 is 14.8 Å². The maximum atomic E-state index is 13.1. The Morgan fingerprint density at radius 3 is 2.65 bits per heavy atom. The van der Waals surface area contributed by atoms with Gasteiger partial charge in [0.25, 0.3) is 5.91 Å². The van der Waals surface area contributed by atoms with Crippen molar-refractivity contribution in [3.05, 3.63) is 59.4 Å². The van der Waals surface area contributed by atoms with E-state index in [1.807, 2.05) is 24.3 Å². The van der Waals surface area contributed by atoms with Gasteiger partial charge in [-0.2, -0.15) is 4.31 Å². The average Bonchev–Trinajstić information content (AvgIpc) is 2.79. The van der Waals surface area contributed by atoms with Crippen LogP contribution in [0.3, 0.4) is 0 Å². The molecule has 1 saturated heterocycles. The van der Waals surface area contributed by atoms with Crippen LogP contribution in [0.5, 0.6) is 5.75 Å². The molecule has 162 valence electrons. The number of methoxy groups -OCH3 is 1. The van der Waals surface area contributed by atoms with Gasteiger partial charge in [0, 0.05) is 24.2 Å². The lowest BCUT2D eigenvalue weighted by atomic mass is 10.1. The Bertz CT molecular complexity index is 1240. The molecule has 0 radical (unpaired) electrons. The molecular weight excluding hydrogens is 442 g/mol. The molecule has 2 aromatic carbocycles. The summed E-state index contributed by atoms with van der Waals surface area (Å²) in [6.45, 7) is 1.15. The number of hydrogen-bond acceptors (Lipinski definition) is 6. The summed E-state index contributed by atoms with van der Waals surface area (Å²) in [5, 5.41) is 4.43. The highest BCUT2D eigenvalue weighted by Crippen LogP contribution is 2.30. The Morgan fingerprint density at radius 2 is 1.90 bits per heavy atom. The average molecular weight is 462 g/mol. The zero-order valence-electron chi connectivity index (χ0n) is 16.7. The molecule has 1 aliphatic heterocycles. The number of anilines is 1. The SMILES string of the molecule is COc1ccc(NC(=O)c2cc3ccccc3c(Cl)n2)cc1S(=O)(=O)N1CCOCC1. The predicted octanol–water partition coefficient (Wildman–Crippen LogP) is 3.17. The number of nitrogens with one attached hydrogen (secondary N) is 1. The highest BCUT2D eigenvalue weighted by atomic mass is 35.5. The Balaban J connectivity index is 1.65. The standard InChI is InChI=1S/C21H20ClN3O5S/c1-29-18-7-6-15(13-19(18)31(27,28)25-8-10-30-11-9-25)23-21(26)17-12-14-4-2-3-5-16(14)20(22)24-17/h2-7,12-13H,8-11H2,1H3,(H,23,26). The third kappa shape index (κ3) is 4.35. The smallest absolute Gasteiger partial charge is 0.274 e. The molecule has 0 atom stereocenters. The van der Waals surface area contributed by atoms with E-state index in [0.717, 1.165) is 10.8 Å². The monoisotopic (exact) mass is 461 g/mol. The normalized spacial score (nSPS) is 15.0. The number of amides is 1. The quantitative estimate of drug-likeness (QED) is 0.586.